The monoisotopic (exact) mass is 125 g/mol. The van der Waals surface area contributed by atoms with E-state index in [1.807, 2.05) is 0 Å². The molecule has 51 valence electrons. The van der Waals surface area contributed by atoms with E-state index >= 15 is 0 Å². The van der Waals surface area contributed by atoms with E-state index in [4.69, 9.17) is 0 Å². The van der Waals surface area contributed by atoms with Crippen molar-refractivity contribution in [3.05, 3.63) is 0 Å². The number of hydrogen-bond acceptors (Lipinski definition) is 1. The predicted octanol–water partition coefficient (Wildman–Crippen LogP) is -0.0274. The Morgan fingerprint density at radius 3 is 2.78 bits per heavy atom. The molecule has 2 nitrogen and oxygen atoms in total. The van der Waals surface area contributed by atoms with Gasteiger partial charge < -0.3 is 5.32 Å². The molecule has 2 heteroatoms. The highest BCUT2D eigenvalue weighted by molar-refractivity contribution is 4.89. The van der Waals surface area contributed by atoms with Crippen LogP contribution in [-0.2, 0) is 0 Å². The van der Waals surface area contributed by atoms with E-state index in [0.29, 0.717) is 6.04 Å². The summed E-state index contributed by atoms with van der Waals surface area (Å²) in [6, 6.07) is 0.679. The summed E-state index contributed by atoms with van der Waals surface area (Å²) in [7, 11) is 0. The van der Waals surface area contributed by atoms with Crippen LogP contribution >= 0.6 is 0 Å². The number of nitrogens with one attached hydrogen (secondary N) is 1. The van der Waals surface area contributed by atoms with Gasteiger partial charge in [0, 0.05) is 25.7 Å². The molecule has 1 atom stereocenters. The van der Waals surface area contributed by atoms with Crippen molar-refractivity contribution < 1.29 is 0 Å². The van der Waals surface area contributed by atoms with Crippen molar-refractivity contribution in [3.63, 3.8) is 0 Å². The van der Waals surface area contributed by atoms with Gasteiger partial charge in [-0.1, -0.05) is 0 Å². The van der Waals surface area contributed by atoms with E-state index in [-0.39, 0.29) is 0 Å². The summed E-state index contributed by atoms with van der Waals surface area (Å²) < 4.78 is 0. The minimum atomic E-state index is 0.679. The van der Waals surface area contributed by atoms with Crippen molar-refractivity contribution in [3.8, 4) is 0 Å². The number of piperazine rings is 1. The minimum absolute atomic E-state index is 0.679. The molecule has 0 spiro atoms. The Morgan fingerprint density at radius 2 is 2.22 bits per heavy atom. The average Bonchev–Trinajstić information content (AvgIpc) is 2.71. The van der Waals surface area contributed by atoms with Crippen molar-refractivity contribution in [2.75, 3.05) is 19.6 Å². The third-order valence-electron chi connectivity index (χ3n) is 2.17. The smallest absolute Gasteiger partial charge is 0.0399 e. The Morgan fingerprint density at radius 1 is 1.33 bits per heavy atom. The first-order valence-electron chi connectivity index (χ1n) is 3.84. The van der Waals surface area contributed by atoms with Gasteiger partial charge in [-0.15, -0.1) is 0 Å². The van der Waals surface area contributed by atoms with Crippen molar-refractivity contribution in [1.29, 1.82) is 0 Å². The van der Waals surface area contributed by atoms with Gasteiger partial charge in [0.1, 0.15) is 0 Å². The Balaban J connectivity index is 1.80. The van der Waals surface area contributed by atoms with Crippen LogP contribution in [0.5, 0.6) is 0 Å². The van der Waals surface area contributed by atoms with Crippen molar-refractivity contribution in [1.82, 2.24) is 10.6 Å². The SMILES string of the molecule is C1CNCC(C2CC2)[N]1. The molecule has 1 saturated heterocycles. The predicted molar refractivity (Wildman–Crippen MR) is 36.4 cm³/mol. The third kappa shape index (κ3) is 1.25. The Hall–Kier alpha value is -0.0800. The molecule has 0 aromatic heterocycles. The van der Waals surface area contributed by atoms with E-state index in [0.717, 1.165) is 25.6 Å². The molecule has 1 saturated carbocycles. The third-order valence-corrected chi connectivity index (χ3v) is 2.17. The van der Waals surface area contributed by atoms with Crippen molar-refractivity contribution in [2.24, 2.45) is 5.92 Å². The zero-order valence-electron chi connectivity index (χ0n) is 5.64. The molecule has 1 unspecified atom stereocenters. The van der Waals surface area contributed by atoms with Gasteiger partial charge in [-0.2, -0.15) is 0 Å². The molecule has 2 rings (SSSR count). The quantitative estimate of drug-likeness (QED) is 0.523. The molecule has 0 bridgehead atoms. The molecule has 0 aromatic carbocycles. The number of rotatable bonds is 1. The lowest BCUT2D eigenvalue weighted by Gasteiger charge is -2.21. The van der Waals surface area contributed by atoms with Crippen LogP contribution < -0.4 is 10.6 Å². The molecule has 9 heavy (non-hydrogen) atoms. The molecule has 1 N–H and O–H groups in total. The standard InChI is InChI=1S/C7H13N2/c1-2-6(1)7-5-8-3-4-9-7/h6-8H,1-5H2. The summed E-state index contributed by atoms with van der Waals surface area (Å²) >= 11 is 0. The number of hydrogen-bond donors (Lipinski definition) is 1. The van der Waals surface area contributed by atoms with E-state index < -0.39 is 0 Å². The van der Waals surface area contributed by atoms with E-state index in [9.17, 15) is 0 Å². The van der Waals surface area contributed by atoms with E-state index in [2.05, 4.69) is 10.6 Å². The van der Waals surface area contributed by atoms with E-state index in [1.165, 1.54) is 12.8 Å². The zero-order chi connectivity index (χ0) is 6.10. The largest absolute Gasteiger partial charge is 0.314 e. The molecule has 1 heterocycles. The van der Waals surface area contributed by atoms with Crippen LogP contribution in [0.15, 0.2) is 0 Å². The summed E-state index contributed by atoms with van der Waals surface area (Å²) in [5, 5.41) is 7.89. The molecule has 1 aliphatic carbocycles. The Bertz CT molecular complexity index is 93.1. The molecular weight excluding hydrogens is 112 g/mol. The van der Waals surface area contributed by atoms with E-state index in [1.54, 1.807) is 0 Å². The second-order valence-corrected chi connectivity index (χ2v) is 3.02. The summed E-state index contributed by atoms with van der Waals surface area (Å²) in [6.45, 7) is 3.29. The van der Waals surface area contributed by atoms with Gasteiger partial charge in [-0.25, -0.2) is 5.32 Å². The maximum atomic E-state index is 4.53. The molecule has 1 aliphatic heterocycles. The lowest BCUT2D eigenvalue weighted by Crippen LogP contribution is -2.45. The van der Waals surface area contributed by atoms with Gasteiger partial charge in [0.2, 0.25) is 0 Å². The van der Waals surface area contributed by atoms with Crippen molar-refractivity contribution in [2.45, 2.75) is 18.9 Å². The first kappa shape index (κ1) is 5.69. The highest BCUT2D eigenvalue weighted by atomic mass is 15.1. The van der Waals surface area contributed by atoms with Crippen LogP contribution in [0.1, 0.15) is 12.8 Å². The van der Waals surface area contributed by atoms with Crippen LogP contribution in [0.25, 0.3) is 0 Å². The summed E-state index contributed by atoms with van der Waals surface area (Å²) in [5.41, 5.74) is 0. The maximum absolute atomic E-state index is 4.53. The molecular formula is C7H13N2. The second kappa shape index (κ2) is 2.27. The van der Waals surface area contributed by atoms with Crippen LogP contribution in [0, 0.1) is 5.92 Å². The van der Waals surface area contributed by atoms with Crippen LogP contribution in [0.3, 0.4) is 0 Å². The second-order valence-electron chi connectivity index (χ2n) is 3.02. The fraction of sp³-hybridized carbons (Fsp3) is 1.00. The first-order valence-corrected chi connectivity index (χ1v) is 3.84. The topological polar surface area (TPSA) is 26.1 Å². The molecule has 1 radical (unpaired) electrons. The van der Waals surface area contributed by atoms with Crippen molar-refractivity contribution >= 4 is 0 Å². The van der Waals surface area contributed by atoms with Gasteiger partial charge in [0.05, 0.1) is 0 Å². The maximum Gasteiger partial charge on any atom is 0.0399 e. The molecule has 0 amide bonds. The first-order chi connectivity index (χ1) is 4.47. The summed E-state index contributed by atoms with van der Waals surface area (Å²) in [6.07, 6.45) is 2.85. The summed E-state index contributed by atoms with van der Waals surface area (Å²) in [4.78, 5) is 0. The van der Waals surface area contributed by atoms with Gasteiger partial charge in [0.15, 0.2) is 0 Å². The molecule has 2 aliphatic rings. The molecule has 2 fully saturated rings. The average molecular weight is 125 g/mol. The zero-order valence-corrected chi connectivity index (χ0v) is 5.64. The van der Waals surface area contributed by atoms with Crippen LogP contribution in [0.2, 0.25) is 0 Å². The van der Waals surface area contributed by atoms with Gasteiger partial charge >= 0.3 is 0 Å². The molecule has 0 aromatic rings. The summed E-state index contributed by atoms with van der Waals surface area (Å²) in [5.74, 6) is 0.956. The highest BCUT2D eigenvalue weighted by Gasteiger charge is 2.32. The Kier molecular flexibility index (Phi) is 1.44. The minimum Gasteiger partial charge on any atom is -0.314 e. The van der Waals surface area contributed by atoms with Gasteiger partial charge in [-0.3, -0.25) is 0 Å². The van der Waals surface area contributed by atoms with Gasteiger partial charge in [0.25, 0.3) is 0 Å². The fourth-order valence-electron chi connectivity index (χ4n) is 1.42. The normalized spacial score (nSPS) is 36.7. The number of nitrogens with zero attached hydrogens (tertiary/aromatic N) is 1. The highest BCUT2D eigenvalue weighted by Crippen LogP contribution is 2.33. The van der Waals surface area contributed by atoms with Crippen LogP contribution in [-0.4, -0.2) is 25.7 Å². The van der Waals surface area contributed by atoms with Gasteiger partial charge in [-0.05, 0) is 18.8 Å². The van der Waals surface area contributed by atoms with Crippen LogP contribution in [0.4, 0.5) is 0 Å². The lowest BCUT2D eigenvalue weighted by molar-refractivity contribution is 0.378. The fourth-order valence-corrected chi connectivity index (χ4v) is 1.42. The Labute approximate surface area is 56.0 Å². The lowest BCUT2D eigenvalue weighted by atomic mass is 10.1.